The van der Waals surface area contributed by atoms with Gasteiger partial charge in [0.1, 0.15) is 17.3 Å². The van der Waals surface area contributed by atoms with Crippen LogP contribution in [0.2, 0.25) is 0 Å². The van der Waals surface area contributed by atoms with Crippen molar-refractivity contribution in [2.45, 2.75) is 26.7 Å². The molecular formula is C15H22F2N2O2. The molecule has 4 nitrogen and oxygen atoms in total. The molecule has 118 valence electrons. The molecule has 0 atom stereocenters. The van der Waals surface area contributed by atoms with Crippen LogP contribution in [0.1, 0.15) is 26.7 Å². The standard InChI is InChI=1S/C15H22F2N2O2/c1-15(2,7-4-8-20)10-18-9-13(21)19-14-11(16)5-3-6-12(14)17/h3,5-6,18,20H,4,7-10H2,1-2H3,(H,19,21). The lowest BCUT2D eigenvalue weighted by Gasteiger charge is -2.24. The zero-order chi connectivity index (χ0) is 15.9. The van der Waals surface area contributed by atoms with E-state index in [9.17, 15) is 13.6 Å². The number of carbonyl (C=O) groups is 1. The molecular weight excluding hydrogens is 278 g/mol. The van der Waals surface area contributed by atoms with Crippen molar-refractivity contribution in [3.05, 3.63) is 29.8 Å². The van der Waals surface area contributed by atoms with E-state index < -0.39 is 23.2 Å². The maximum absolute atomic E-state index is 13.4. The quantitative estimate of drug-likeness (QED) is 0.690. The third kappa shape index (κ3) is 6.18. The summed E-state index contributed by atoms with van der Waals surface area (Å²) in [6, 6.07) is 3.41. The van der Waals surface area contributed by atoms with Crippen LogP contribution in [0.15, 0.2) is 18.2 Å². The maximum atomic E-state index is 13.4. The molecule has 3 N–H and O–H groups in total. The van der Waals surface area contributed by atoms with Gasteiger partial charge in [-0.15, -0.1) is 0 Å². The van der Waals surface area contributed by atoms with E-state index >= 15 is 0 Å². The molecule has 6 heteroatoms. The molecule has 0 unspecified atom stereocenters. The van der Waals surface area contributed by atoms with Crippen LogP contribution in [-0.2, 0) is 4.79 Å². The Labute approximate surface area is 123 Å². The minimum absolute atomic E-state index is 0.0314. The first-order valence-electron chi connectivity index (χ1n) is 6.91. The predicted octanol–water partition coefficient (Wildman–Crippen LogP) is 2.29. The number of hydrogen-bond donors (Lipinski definition) is 3. The number of amides is 1. The number of anilines is 1. The Kier molecular flexibility index (Phi) is 6.71. The van der Waals surface area contributed by atoms with E-state index in [1.54, 1.807) is 0 Å². The molecule has 0 spiro atoms. The van der Waals surface area contributed by atoms with E-state index in [2.05, 4.69) is 10.6 Å². The van der Waals surface area contributed by atoms with Crippen molar-refractivity contribution in [2.24, 2.45) is 5.41 Å². The molecule has 1 aromatic carbocycles. The normalized spacial score (nSPS) is 11.5. The van der Waals surface area contributed by atoms with Gasteiger partial charge in [0.05, 0.1) is 6.54 Å². The van der Waals surface area contributed by atoms with Gasteiger partial charge in [0.25, 0.3) is 0 Å². The summed E-state index contributed by atoms with van der Waals surface area (Å²) >= 11 is 0. The van der Waals surface area contributed by atoms with E-state index in [0.29, 0.717) is 13.0 Å². The lowest BCUT2D eigenvalue weighted by atomic mass is 9.88. The summed E-state index contributed by atoms with van der Waals surface area (Å²) in [6.07, 6.45) is 1.52. The summed E-state index contributed by atoms with van der Waals surface area (Å²) in [5.74, 6) is -2.10. The first-order valence-corrected chi connectivity index (χ1v) is 6.91. The van der Waals surface area contributed by atoms with Crippen LogP contribution in [0.3, 0.4) is 0 Å². The van der Waals surface area contributed by atoms with Crippen molar-refractivity contribution in [2.75, 3.05) is 25.0 Å². The number of carbonyl (C=O) groups excluding carboxylic acids is 1. The molecule has 21 heavy (non-hydrogen) atoms. The third-order valence-electron chi connectivity index (χ3n) is 3.13. The first-order chi connectivity index (χ1) is 9.85. The topological polar surface area (TPSA) is 61.4 Å². The summed E-state index contributed by atoms with van der Waals surface area (Å²) in [6.45, 7) is 4.71. The van der Waals surface area contributed by atoms with Crippen LogP contribution in [0.25, 0.3) is 0 Å². The Bertz CT molecular complexity index is 458. The second-order valence-electron chi connectivity index (χ2n) is 5.74. The second-order valence-corrected chi connectivity index (χ2v) is 5.74. The van der Waals surface area contributed by atoms with Crippen molar-refractivity contribution in [1.82, 2.24) is 5.32 Å². The lowest BCUT2D eigenvalue weighted by molar-refractivity contribution is -0.115. The smallest absolute Gasteiger partial charge is 0.238 e. The molecule has 1 rings (SSSR count). The van der Waals surface area contributed by atoms with Gasteiger partial charge >= 0.3 is 0 Å². The van der Waals surface area contributed by atoms with Gasteiger partial charge in [-0.25, -0.2) is 8.78 Å². The molecule has 1 amide bonds. The van der Waals surface area contributed by atoms with Gasteiger partial charge in [-0.2, -0.15) is 0 Å². The lowest BCUT2D eigenvalue weighted by Crippen LogP contribution is -2.35. The zero-order valence-electron chi connectivity index (χ0n) is 12.4. The average Bonchev–Trinajstić information content (AvgIpc) is 2.41. The highest BCUT2D eigenvalue weighted by Gasteiger charge is 2.18. The van der Waals surface area contributed by atoms with E-state index in [4.69, 9.17) is 5.11 Å². The Balaban J connectivity index is 2.41. The van der Waals surface area contributed by atoms with Crippen LogP contribution in [0.4, 0.5) is 14.5 Å². The molecule has 0 aliphatic heterocycles. The average molecular weight is 300 g/mol. The maximum Gasteiger partial charge on any atom is 0.238 e. The van der Waals surface area contributed by atoms with Gasteiger partial charge < -0.3 is 15.7 Å². The molecule has 0 aromatic heterocycles. The van der Waals surface area contributed by atoms with E-state index in [-0.39, 0.29) is 18.6 Å². The summed E-state index contributed by atoms with van der Waals surface area (Å²) in [7, 11) is 0. The number of halogens is 2. The van der Waals surface area contributed by atoms with Gasteiger partial charge in [0.15, 0.2) is 0 Å². The van der Waals surface area contributed by atoms with Crippen molar-refractivity contribution in [3.63, 3.8) is 0 Å². The van der Waals surface area contributed by atoms with E-state index in [0.717, 1.165) is 18.6 Å². The Morgan fingerprint density at radius 3 is 2.48 bits per heavy atom. The summed E-state index contributed by atoms with van der Waals surface area (Å²) in [4.78, 5) is 11.7. The fourth-order valence-electron chi connectivity index (χ4n) is 1.96. The third-order valence-corrected chi connectivity index (χ3v) is 3.13. The molecule has 0 saturated heterocycles. The van der Waals surface area contributed by atoms with Crippen molar-refractivity contribution in [1.29, 1.82) is 0 Å². The molecule has 0 radical (unpaired) electrons. The van der Waals surface area contributed by atoms with Gasteiger partial charge in [-0.05, 0) is 30.4 Å². The van der Waals surface area contributed by atoms with Gasteiger partial charge in [0.2, 0.25) is 5.91 Å². The largest absolute Gasteiger partial charge is 0.396 e. The molecule has 0 aliphatic carbocycles. The predicted molar refractivity (Wildman–Crippen MR) is 78.0 cm³/mol. The van der Waals surface area contributed by atoms with Crippen molar-refractivity contribution >= 4 is 11.6 Å². The molecule has 0 aliphatic rings. The number of rotatable bonds is 8. The fourth-order valence-corrected chi connectivity index (χ4v) is 1.96. The highest BCUT2D eigenvalue weighted by molar-refractivity contribution is 5.92. The minimum atomic E-state index is -0.799. The van der Waals surface area contributed by atoms with Gasteiger partial charge in [-0.1, -0.05) is 19.9 Å². The first kappa shape index (κ1) is 17.5. The number of para-hydroxylation sites is 1. The minimum Gasteiger partial charge on any atom is -0.396 e. The van der Waals surface area contributed by atoms with Crippen molar-refractivity contribution in [3.8, 4) is 0 Å². The molecule has 0 saturated carbocycles. The number of nitrogens with one attached hydrogen (secondary N) is 2. The number of aliphatic hydroxyl groups excluding tert-OH is 1. The number of hydrogen-bond acceptors (Lipinski definition) is 3. The van der Waals surface area contributed by atoms with Gasteiger partial charge in [-0.3, -0.25) is 4.79 Å². The number of benzene rings is 1. The summed E-state index contributed by atoms with van der Waals surface area (Å²) < 4.78 is 26.7. The Hall–Kier alpha value is -1.53. The second kappa shape index (κ2) is 8.05. The summed E-state index contributed by atoms with van der Waals surface area (Å²) in [5, 5.41) is 14.0. The Morgan fingerprint density at radius 2 is 1.90 bits per heavy atom. The van der Waals surface area contributed by atoms with Crippen LogP contribution >= 0.6 is 0 Å². The number of aliphatic hydroxyl groups is 1. The van der Waals surface area contributed by atoms with Crippen LogP contribution in [0, 0.1) is 17.0 Å². The van der Waals surface area contributed by atoms with Crippen LogP contribution in [-0.4, -0.2) is 30.7 Å². The highest BCUT2D eigenvalue weighted by atomic mass is 19.1. The van der Waals surface area contributed by atoms with E-state index in [1.807, 2.05) is 13.8 Å². The van der Waals surface area contributed by atoms with E-state index in [1.165, 1.54) is 6.07 Å². The van der Waals surface area contributed by atoms with Crippen LogP contribution in [0.5, 0.6) is 0 Å². The van der Waals surface area contributed by atoms with Gasteiger partial charge in [0, 0.05) is 13.2 Å². The fraction of sp³-hybridized carbons (Fsp3) is 0.533. The monoisotopic (exact) mass is 300 g/mol. The molecule has 0 bridgehead atoms. The highest BCUT2D eigenvalue weighted by Crippen LogP contribution is 2.21. The molecule has 0 heterocycles. The molecule has 0 fully saturated rings. The zero-order valence-corrected chi connectivity index (χ0v) is 12.4. The van der Waals surface area contributed by atoms with Crippen molar-refractivity contribution < 1.29 is 18.7 Å². The van der Waals surface area contributed by atoms with Crippen LogP contribution < -0.4 is 10.6 Å². The SMILES string of the molecule is CC(C)(CCCO)CNCC(=O)Nc1c(F)cccc1F. The Morgan fingerprint density at radius 1 is 1.29 bits per heavy atom. The summed E-state index contributed by atoms with van der Waals surface area (Å²) in [5.41, 5.74) is -0.490. The molecule has 1 aromatic rings.